The molecular formula is C23H43N7. The highest BCUT2D eigenvalue weighted by Crippen LogP contribution is 2.19. The van der Waals surface area contributed by atoms with Gasteiger partial charge in [-0.25, -0.2) is 9.98 Å². The molecule has 30 heavy (non-hydrogen) atoms. The fourth-order valence-electron chi connectivity index (χ4n) is 3.94. The number of guanidine groups is 1. The van der Waals surface area contributed by atoms with Gasteiger partial charge in [-0.3, -0.25) is 4.90 Å². The van der Waals surface area contributed by atoms with Crippen LogP contribution in [0.1, 0.15) is 46.6 Å². The summed E-state index contributed by atoms with van der Waals surface area (Å²) in [5.41, 5.74) is 1.19. The number of rotatable bonds is 10. The molecule has 0 saturated carbocycles. The van der Waals surface area contributed by atoms with Gasteiger partial charge in [-0.15, -0.1) is 0 Å². The second-order valence-electron chi connectivity index (χ2n) is 8.68. The lowest BCUT2D eigenvalue weighted by Gasteiger charge is -2.34. The summed E-state index contributed by atoms with van der Waals surface area (Å²) in [6, 6.07) is 5.31. The van der Waals surface area contributed by atoms with Crippen LogP contribution in [0.2, 0.25) is 0 Å². The lowest BCUT2D eigenvalue weighted by Crippen LogP contribution is -2.45. The molecule has 2 N–H and O–H groups in total. The number of nitrogens with zero attached hydrogens (tertiary/aromatic N) is 5. The molecule has 1 aliphatic rings. The van der Waals surface area contributed by atoms with E-state index in [1.807, 2.05) is 12.3 Å². The van der Waals surface area contributed by atoms with Gasteiger partial charge in [0.25, 0.3) is 0 Å². The monoisotopic (exact) mass is 417 g/mol. The van der Waals surface area contributed by atoms with Crippen LogP contribution >= 0.6 is 0 Å². The number of hydrogen-bond donors (Lipinski definition) is 2. The molecule has 0 unspecified atom stereocenters. The van der Waals surface area contributed by atoms with Gasteiger partial charge >= 0.3 is 0 Å². The van der Waals surface area contributed by atoms with E-state index in [4.69, 9.17) is 4.99 Å². The van der Waals surface area contributed by atoms with E-state index >= 15 is 0 Å². The predicted molar refractivity (Wildman–Crippen MR) is 128 cm³/mol. The summed E-state index contributed by atoms with van der Waals surface area (Å²) in [4.78, 5) is 16.8. The second kappa shape index (κ2) is 12.7. The van der Waals surface area contributed by atoms with E-state index in [9.17, 15) is 0 Å². The molecule has 0 bridgehead atoms. The highest BCUT2D eigenvalue weighted by molar-refractivity contribution is 5.79. The largest absolute Gasteiger partial charge is 0.357 e. The third kappa shape index (κ3) is 7.76. The summed E-state index contributed by atoms with van der Waals surface area (Å²) in [5, 5.41) is 6.88. The summed E-state index contributed by atoms with van der Waals surface area (Å²) in [5.74, 6) is 1.96. The third-order valence-electron chi connectivity index (χ3n) is 5.63. The van der Waals surface area contributed by atoms with Crippen molar-refractivity contribution in [3.63, 3.8) is 0 Å². The summed E-state index contributed by atoms with van der Waals surface area (Å²) >= 11 is 0. The van der Waals surface area contributed by atoms with Gasteiger partial charge in [0.15, 0.2) is 5.96 Å². The third-order valence-corrected chi connectivity index (χ3v) is 5.63. The van der Waals surface area contributed by atoms with Gasteiger partial charge < -0.3 is 20.4 Å². The summed E-state index contributed by atoms with van der Waals surface area (Å²) in [6.45, 7) is 18.9. The summed E-state index contributed by atoms with van der Waals surface area (Å²) < 4.78 is 0. The zero-order valence-corrected chi connectivity index (χ0v) is 20.0. The quantitative estimate of drug-likeness (QED) is 0.346. The van der Waals surface area contributed by atoms with Gasteiger partial charge in [-0.1, -0.05) is 6.07 Å². The first-order chi connectivity index (χ1) is 14.4. The zero-order chi connectivity index (χ0) is 21.9. The van der Waals surface area contributed by atoms with E-state index in [0.717, 1.165) is 64.0 Å². The van der Waals surface area contributed by atoms with Crippen LogP contribution in [-0.2, 0) is 6.54 Å². The molecule has 2 heterocycles. The van der Waals surface area contributed by atoms with Crippen molar-refractivity contribution in [1.29, 1.82) is 0 Å². The Morgan fingerprint density at radius 1 is 1.13 bits per heavy atom. The van der Waals surface area contributed by atoms with Gasteiger partial charge in [0.2, 0.25) is 0 Å². The molecule has 0 atom stereocenters. The maximum Gasteiger partial charge on any atom is 0.191 e. The Bertz CT molecular complexity index is 628. The van der Waals surface area contributed by atoms with E-state index in [1.54, 1.807) is 0 Å². The molecule has 7 heteroatoms. The van der Waals surface area contributed by atoms with Crippen LogP contribution < -0.4 is 15.5 Å². The smallest absolute Gasteiger partial charge is 0.191 e. The van der Waals surface area contributed by atoms with Gasteiger partial charge in [-0.05, 0) is 54.2 Å². The topological polar surface area (TPSA) is 59.0 Å². The Balaban J connectivity index is 1.93. The molecule has 2 rings (SSSR count). The average Bonchev–Trinajstić information content (AvgIpc) is 2.72. The van der Waals surface area contributed by atoms with Crippen LogP contribution in [0, 0.1) is 0 Å². The minimum absolute atomic E-state index is 0.575. The number of aromatic nitrogens is 1. The van der Waals surface area contributed by atoms with Crippen LogP contribution in [0.15, 0.2) is 23.3 Å². The minimum atomic E-state index is 0.575. The SMILES string of the molecule is CCNC(=NCc1cccnc1N1CCN(C)CC1)NCCCN(C(C)C)C(C)C. The van der Waals surface area contributed by atoms with Gasteiger partial charge in [-0.2, -0.15) is 0 Å². The van der Waals surface area contributed by atoms with Crippen LogP contribution in [-0.4, -0.2) is 85.7 Å². The van der Waals surface area contributed by atoms with Crippen molar-refractivity contribution in [3.8, 4) is 0 Å². The van der Waals surface area contributed by atoms with Crippen molar-refractivity contribution in [2.45, 2.75) is 59.7 Å². The number of nitrogens with one attached hydrogen (secondary N) is 2. The van der Waals surface area contributed by atoms with Crippen molar-refractivity contribution in [2.75, 3.05) is 57.8 Å². The number of aliphatic imine (C=N–C) groups is 1. The molecule has 0 aromatic carbocycles. The van der Waals surface area contributed by atoms with Crippen molar-refractivity contribution in [3.05, 3.63) is 23.9 Å². The predicted octanol–water partition coefficient (Wildman–Crippen LogP) is 2.40. The lowest BCUT2D eigenvalue weighted by atomic mass is 10.2. The Morgan fingerprint density at radius 3 is 2.47 bits per heavy atom. The van der Waals surface area contributed by atoms with Crippen molar-refractivity contribution in [2.24, 2.45) is 4.99 Å². The average molecular weight is 418 g/mol. The molecule has 1 aromatic heterocycles. The zero-order valence-electron chi connectivity index (χ0n) is 20.0. The first kappa shape index (κ1) is 24.4. The van der Waals surface area contributed by atoms with Gasteiger partial charge in [0.05, 0.1) is 6.54 Å². The molecule has 1 saturated heterocycles. The molecular weight excluding hydrogens is 374 g/mol. The van der Waals surface area contributed by atoms with Gasteiger partial charge in [0.1, 0.15) is 5.82 Å². The first-order valence-corrected chi connectivity index (χ1v) is 11.6. The summed E-state index contributed by atoms with van der Waals surface area (Å²) in [6.07, 6.45) is 2.99. The number of piperazine rings is 1. The maximum atomic E-state index is 4.84. The molecule has 7 nitrogen and oxygen atoms in total. The van der Waals surface area contributed by atoms with Crippen LogP contribution in [0.4, 0.5) is 5.82 Å². The molecule has 1 fully saturated rings. The number of anilines is 1. The lowest BCUT2D eigenvalue weighted by molar-refractivity contribution is 0.173. The van der Waals surface area contributed by atoms with Crippen LogP contribution in [0.5, 0.6) is 0 Å². The van der Waals surface area contributed by atoms with E-state index in [1.165, 1.54) is 5.56 Å². The number of pyridine rings is 1. The normalized spacial score (nSPS) is 16.0. The summed E-state index contributed by atoms with van der Waals surface area (Å²) in [7, 11) is 2.18. The minimum Gasteiger partial charge on any atom is -0.357 e. The molecule has 170 valence electrons. The van der Waals surface area contributed by atoms with Crippen molar-refractivity contribution >= 4 is 11.8 Å². The highest BCUT2D eigenvalue weighted by Gasteiger charge is 2.18. The van der Waals surface area contributed by atoms with Gasteiger partial charge in [0, 0.05) is 69.7 Å². The molecule has 1 aromatic rings. The fourth-order valence-corrected chi connectivity index (χ4v) is 3.94. The standard InChI is InChI=1S/C23H43N7/c1-7-24-23(26-12-9-13-30(19(2)3)20(4)5)27-18-21-10-8-11-25-22(21)29-16-14-28(6)15-17-29/h8,10-11,19-20H,7,9,12-18H2,1-6H3,(H2,24,26,27). The second-order valence-corrected chi connectivity index (χ2v) is 8.68. The maximum absolute atomic E-state index is 4.84. The molecule has 0 spiro atoms. The number of likely N-dealkylation sites (N-methyl/N-ethyl adjacent to an activating group) is 1. The Hall–Kier alpha value is -1.86. The molecule has 1 aliphatic heterocycles. The fraction of sp³-hybridized carbons (Fsp3) is 0.739. The van der Waals surface area contributed by atoms with E-state index in [2.05, 4.69) is 78.1 Å². The number of hydrogen-bond acceptors (Lipinski definition) is 5. The van der Waals surface area contributed by atoms with Crippen molar-refractivity contribution < 1.29 is 0 Å². The molecule has 0 radical (unpaired) electrons. The Morgan fingerprint density at radius 2 is 1.83 bits per heavy atom. The van der Waals surface area contributed by atoms with Crippen molar-refractivity contribution in [1.82, 2.24) is 25.4 Å². The van der Waals surface area contributed by atoms with E-state index in [-0.39, 0.29) is 0 Å². The van der Waals surface area contributed by atoms with E-state index in [0.29, 0.717) is 18.6 Å². The Kier molecular flexibility index (Phi) is 10.4. The van der Waals surface area contributed by atoms with E-state index < -0.39 is 0 Å². The molecule has 0 amide bonds. The molecule has 0 aliphatic carbocycles. The Labute approximate surface area is 183 Å². The van der Waals surface area contributed by atoms with Crippen LogP contribution in [0.25, 0.3) is 0 Å². The van der Waals surface area contributed by atoms with Crippen LogP contribution in [0.3, 0.4) is 0 Å². The highest BCUT2D eigenvalue weighted by atomic mass is 15.3. The first-order valence-electron chi connectivity index (χ1n) is 11.6.